The third kappa shape index (κ3) is 2.86. The molecule has 3 aliphatic rings. The van der Waals surface area contributed by atoms with E-state index in [0.717, 1.165) is 37.3 Å². The van der Waals surface area contributed by atoms with Crippen LogP contribution in [0, 0.1) is 5.92 Å². The molecule has 0 saturated carbocycles. The van der Waals surface area contributed by atoms with Crippen LogP contribution in [0.25, 0.3) is 6.08 Å². The van der Waals surface area contributed by atoms with Gasteiger partial charge in [0.1, 0.15) is 16.9 Å². The molecule has 1 amide bonds. The van der Waals surface area contributed by atoms with E-state index in [4.69, 9.17) is 10.1 Å². The minimum Gasteiger partial charge on any atom is -0.477 e. The van der Waals surface area contributed by atoms with Crippen LogP contribution in [0.2, 0.25) is 0 Å². The molecule has 4 heterocycles. The molecular formula is C21H19N3O3S. The lowest BCUT2D eigenvalue weighted by molar-refractivity contribution is -0.141. The summed E-state index contributed by atoms with van der Waals surface area (Å²) in [5, 5.41) is 10.5. The number of hydrogen-bond donors (Lipinski definition) is 1. The van der Waals surface area contributed by atoms with Gasteiger partial charge in [-0.1, -0.05) is 30.3 Å². The molecule has 2 atom stereocenters. The molecule has 1 aromatic heterocycles. The molecule has 1 aromatic carbocycles. The van der Waals surface area contributed by atoms with E-state index < -0.39 is 5.97 Å². The second kappa shape index (κ2) is 6.67. The number of aryl methyl sites for hydroxylation is 1. The predicted molar refractivity (Wildman–Crippen MR) is 106 cm³/mol. The summed E-state index contributed by atoms with van der Waals surface area (Å²) >= 11 is 1.36. The Hall–Kier alpha value is -2.80. The molecule has 0 aliphatic carbocycles. The van der Waals surface area contributed by atoms with Crippen molar-refractivity contribution in [1.29, 1.82) is 0 Å². The number of imidazole rings is 1. The summed E-state index contributed by atoms with van der Waals surface area (Å²) in [6.07, 6.45) is 6.92. The van der Waals surface area contributed by atoms with Crippen LogP contribution < -0.4 is 0 Å². The average molecular weight is 393 g/mol. The number of β-lactam (4-membered cyclic amide) rings is 1. The zero-order valence-electron chi connectivity index (χ0n) is 15.1. The Morgan fingerprint density at radius 2 is 2.14 bits per heavy atom. The van der Waals surface area contributed by atoms with Gasteiger partial charge in [0.25, 0.3) is 5.91 Å². The molecule has 142 valence electrons. The summed E-state index contributed by atoms with van der Waals surface area (Å²) < 4.78 is 2.18. The fourth-order valence-corrected chi connectivity index (χ4v) is 5.25. The Kier molecular flexibility index (Phi) is 4.12. The number of rotatable bonds is 4. The van der Waals surface area contributed by atoms with Crippen LogP contribution in [0.5, 0.6) is 0 Å². The Labute approximate surface area is 166 Å². The lowest BCUT2D eigenvalue weighted by atomic mass is 9.91. The number of benzene rings is 1. The number of thioether (sulfide) groups is 1. The summed E-state index contributed by atoms with van der Waals surface area (Å²) in [4.78, 5) is 29.6. The lowest BCUT2D eigenvalue weighted by Gasteiger charge is -2.36. The highest BCUT2D eigenvalue weighted by Crippen LogP contribution is 2.45. The molecule has 3 aliphatic heterocycles. The van der Waals surface area contributed by atoms with Crippen LogP contribution in [0.15, 0.2) is 53.2 Å². The van der Waals surface area contributed by atoms with Gasteiger partial charge in [-0.2, -0.15) is 0 Å². The maximum absolute atomic E-state index is 12.4. The van der Waals surface area contributed by atoms with Crippen molar-refractivity contribution in [2.24, 2.45) is 5.92 Å². The van der Waals surface area contributed by atoms with Gasteiger partial charge in [0.05, 0.1) is 11.3 Å². The van der Waals surface area contributed by atoms with Gasteiger partial charge in [-0.15, -0.1) is 11.8 Å². The Bertz CT molecular complexity index is 1020. The SMILES string of the molecule is O=C(O)C1=CSC2/C(=C\c3cn4c(n3)CC(Cc3ccccc3)CC4)C(=O)N12. The fourth-order valence-electron chi connectivity index (χ4n) is 4.13. The molecule has 7 heteroatoms. The predicted octanol–water partition coefficient (Wildman–Crippen LogP) is 2.91. The first kappa shape index (κ1) is 17.3. The van der Waals surface area contributed by atoms with Crippen molar-refractivity contribution >= 4 is 29.7 Å². The van der Waals surface area contributed by atoms with Gasteiger partial charge in [-0.3, -0.25) is 9.69 Å². The number of carboxylic acids is 1. The molecule has 1 fully saturated rings. The Balaban J connectivity index is 1.30. The van der Waals surface area contributed by atoms with E-state index in [9.17, 15) is 9.59 Å². The van der Waals surface area contributed by atoms with Crippen molar-refractivity contribution < 1.29 is 14.7 Å². The van der Waals surface area contributed by atoms with Crippen LogP contribution in [-0.2, 0) is 29.0 Å². The third-order valence-electron chi connectivity index (χ3n) is 5.55. The van der Waals surface area contributed by atoms with Gasteiger partial charge in [-0.25, -0.2) is 9.78 Å². The molecule has 0 spiro atoms. The van der Waals surface area contributed by atoms with E-state index in [1.54, 1.807) is 0 Å². The third-order valence-corrected chi connectivity index (χ3v) is 6.63. The molecule has 0 bridgehead atoms. The summed E-state index contributed by atoms with van der Waals surface area (Å²) in [5.74, 6) is 0.332. The molecule has 28 heavy (non-hydrogen) atoms. The number of nitrogens with zero attached hydrogens (tertiary/aromatic N) is 3. The van der Waals surface area contributed by atoms with E-state index in [0.29, 0.717) is 11.5 Å². The topological polar surface area (TPSA) is 75.4 Å². The van der Waals surface area contributed by atoms with E-state index >= 15 is 0 Å². The zero-order valence-corrected chi connectivity index (χ0v) is 15.9. The van der Waals surface area contributed by atoms with E-state index in [2.05, 4.69) is 28.8 Å². The van der Waals surface area contributed by atoms with Gasteiger partial charge in [0, 0.05) is 24.6 Å². The molecular weight excluding hydrogens is 374 g/mol. The number of carboxylic acid groups (broad SMARTS) is 1. The van der Waals surface area contributed by atoms with Gasteiger partial charge in [-0.05, 0) is 30.4 Å². The minimum absolute atomic E-state index is 0.0602. The smallest absolute Gasteiger partial charge is 0.353 e. The van der Waals surface area contributed by atoms with Crippen LogP contribution in [0.1, 0.15) is 23.5 Å². The van der Waals surface area contributed by atoms with Gasteiger partial charge in [0.15, 0.2) is 0 Å². The first-order valence-electron chi connectivity index (χ1n) is 9.34. The summed E-state index contributed by atoms with van der Waals surface area (Å²) in [7, 11) is 0. The number of amides is 1. The van der Waals surface area contributed by atoms with Crippen LogP contribution in [0.4, 0.5) is 0 Å². The molecule has 0 radical (unpaired) electrons. The maximum Gasteiger partial charge on any atom is 0.353 e. The summed E-state index contributed by atoms with van der Waals surface area (Å²) in [5.41, 5.74) is 2.82. The minimum atomic E-state index is -1.07. The number of carbonyl (C=O) groups excluding carboxylic acids is 1. The molecule has 6 nitrogen and oxygen atoms in total. The largest absolute Gasteiger partial charge is 0.477 e. The van der Waals surface area contributed by atoms with Gasteiger partial charge in [0.2, 0.25) is 0 Å². The van der Waals surface area contributed by atoms with E-state index in [-0.39, 0.29) is 17.0 Å². The van der Waals surface area contributed by atoms with Crippen LogP contribution in [-0.4, -0.2) is 36.8 Å². The molecule has 1 N–H and O–H groups in total. The van der Waals surface area contributed by atoms with Crippen molar-refractivity contribution in [3.8, 4) is 0 Å². The van der Waals surface area contributed by atoms with Crippen molar-refractivity contribution in [3.05, 3.63) is 70.3 Å². The van der Waals surface area contributed by atoms with Crippen molar-refractivity contribution in [3.63, 3.8) is 0 Å². The first-order valence-corrected chi connectivity index (χ1v) is 10.3. The number of carbonyl (C=O) groups is 2. The molecule has 1 saturated heterocycles. The van der Waals surface area contributed by atoms with E-state index in [1.807, 2.05) is 18.3 Å². The Morgan fingerprint density at radius 1 is 1.32 bits per heavy atom. The number of hydrogen-bond acceptors (Lipinski definition) is 4. The quantitative estimate of drug-likeness (QED) is 0.639. The fraction of sp³-hybridized carbons (Fsp3) is 0.286. The summed E-state index contributed by atoms with van der Waals surface area (Å²) in [6.45, 7) is 0.936. The van der Waals surface area contributed by atoms with Crippen LogP contribution >= 0.6 is 11.8 Å². The second-order valence-corrected chi connectivity index (χ2v) is 8.35. The highest BCUT2D eigenvalue weighted by Gasteiger charge is 2.49. The zero-order chi connectivity index (χ0) is 19.3. The number of aromatic nitrogens is 2. The average Bonchev–Trinajstić information content (AvgIpc) is 3.28. The van der Waals surface area contributed by atoms with Crippen molar-refractivity contribution in [1.82, 2.24) is 14.5 Å². The van der Waals surface area contributed by atoms with Crippen molar-refractivity contribution in [2.75, 3.05) is 0 Å². The normalized spacial score (nSPS) is 24.6. The van der Waals surface area contributed by atoms with Crippen molar-refractivity contribution in [2.45, 2.75) is 31.2 Å². The summed E-state index contributed by atoms with van der Waals surface area (Å²) in [6, 6.07) is 10.5. The van der Waals surface area contributed by atoms with E-state index in [1.165, 1.54) is 27.6 Å². The molecule has 2 aromatic rings. The van der Waals surface area contributed by atoms with Crippen LogP contribution in [0.3, 0.4) is 0 Å². The Morgan fingerprint density at radius 3 is 2.93 bits per heavy atom. The number of fused-ring (bicyclic) bond motifs is 2. The second-order valence-electron chi connectivity index (χ2n) is 7.40. The number of aliphatic carboxylic acids is 1. The molecule has 5 rings (SSSR count). The highest BCUT2D eigenvalue weighted by atomic mass is 32.2. The first-order chi connectivity index (χ1) is 13.6. The lowest BCUT2D eigenvalue weighted by Crippen LogP contribution is -2.51. The molecule has 2 unspecified atom stereocenters. The standard InChI is InChI=1S/C21H19N3O3S/c25-19-16(20-24(19)17(12-28-20)21(26)27)10-15-11-23-7-6-14(9-18(23)22-15)8-13-4-2-1-3-5-13/h1-5,10-12,14,20H,6-9H2,(H,26,27)/b16-10-. The van der Waals surface area contributed by atoms with Gasteiger partial charge < -0.3 is 9.67 Å². The monoisotopic (exact) mass is 393 g/mol. The highest BCUT2D eigenvalue weighted by molar-refractivity contribution is 8.03. The maximum atomic E-state index is 12.4. The van der Waals surface area contributed by atoms with Gasteiger partial charge >= 0.3 is 5.97 Å².